The maximum atomic E-state index is 11.5. The number of hydrogen-bond acceptors (Lipinski definition) is 3. The van der Waals surface area contributed by atoms with Crippen molar-refractivity contribution in [1.29, 1.82) is 0 Å². The lowest BCUT2D eigenvalue weighted by atomic mass is 9.91. The van der Waals surface area contributed by atoms with Crippen molar-refractivity contribution in [2.24, 2.45) is 5.73 Å². The molecule has 1 aromatic carbocycles. The molecule has 0 heterocycles. The zero-order valence-electron chi connectivity index (χ0n) is 10.4. The summed E-state index contributed by atoms with van der Waals surface area (Å²) in [7, 11) is 0. The minimum atomic E-state index is -0.127. The monoisotopic (exact) mass is 235 g/mol. The summed E-state index contributed by atoms with van der Waals surface area (Å²) in [5.41, 5.74) is 6.72. The van der Waals surface area contributed by atoms with Crippen molar-refractivity contribution in [3.63, 3.8) is 0 Å². The van der Waals surface area contributed by atoms with Gasteiger partial charge in [-0.1, -0.05) is 30.3 Å². The summed E-state index contributed by atoms with van der Waals surface area (Å²) in [6, 6.07) is 10.1. The molecule has 0 aromatic heterocycles. The molecule has 1 aromatic rings. The molecule has 3 heteroatoms. The van der Waals surface area contributed by atoms with Crippen LogP contribution in [0.2, 0.25) is 0 Å². The van der Waals surface area contributed by atoms with Crippen LogP contribution in [0.4, 0.5) is 0 Å². The van der Waals surface area contributed by atoms with E-state index in [0.717, 1.165) is 12.8 Å². The second kappa shape index (κ2) is 7.85. The van der Waals surface area contributed by atoms with Gasteiger partial charge in [-0.15, -0.1) is 0 Å². The Morgan fingerprint density at radius 1 is 1.35 bits per heavy atom. The molecule has 0 aliphatic rings. The van der Waals surface area contributed by atoms with Crippen LogP contribution >= 0.6 is 0 Å². The molecule has 0 amide bonds. The minimum Gasteiger partial charge on any atom is -0.466 e. The van der Waals surface area contributed by atoms with Crippen LogP contribution in [0.1, 0.15) is 37.7 Å². The normalized spacial score (nSPS) is 12.1. The molecule has 1 unspecified atom stereocenters. The third-order valence-corrected chi connectivity index (χ3v) is 2.75. The summed E-state index contributed by atoms with van der Waals surface area (Å²) in [5, 5.41) is 0. The maximum absolute atomic E-state index is 11.5. The van der Waals surface area contributed by atoms with Crippen LogP contribution in [-0.2, 0) is 9.53 Å². The van der Waals surface area contributed by atoms with E-state index in [2.05, 4.69) is 12.1 Å². The van der Waals surface area contributed by atoms with E-state index >= 15 is 0 Å². The molecule has 1 atom stereocenters. The second-order valence-electron chi connectivity index (χ2n) is 4.05. The predicted molar refractivity (Wildman–Crippen MR) is 68.7 cm³/mol. The fourth-order valence-electron chi connectivity index (χ4n) is 1.90. The van der Waals surface area contributed by atoms with Crippen molar-refractivity contribution in [2.45, 2.75) is 32.1 Å². The number of carbonyl (C=O) groups excluding carboxylic acids is 1. The lowest BCUT2D eigenvalue weighted by Crippen LogP contribution is -2.12. The molecular weight excluding hydrogens is 214 g/mol. The van der Waals surface area contributed by atoms with Gasteiger partial charge in [0.25, 0.3) is 0 Å². The maximum Gasteiger partial charge on any atom is 0.306 e. The highest BCUT2D eigenvalue weighted by Crippen LogP contribution is 2.24. The lowest BCUT2D eigenvalue weighted by Gasteiger charge is -2.16. The third-order valence-electron chi connectivity index (χ3n) is 2.75. The molecule has 0 fully saturated rings. The third kappa shape index (κ3) is 5.00. The number of esters is 1. The molecule has 17 heavy (non-hydrogen) atoms. The Morgan fingerprint density at radius 2 is 2.06 bits per heavy atom. The molecular formula is C14H21NO2. The van der Waals surface area contributed by atoms with Gasteiger partial charge in [-0.05, 0) is 37.8 Å². The van der Waals surface area contributed by atoms with Gasteiger partial charge in [0.05, 0.1) is 13.0 Å². The molecule has 0 spiro atoms. The van der Waals surface area contributed by atoms with E-state index in [-0.39, 0.29) is 11.9 Å². The van der Waals surface area contributed by atoms with E-state index in [1.807, 2.05) is 25.1 Å². The van der Waals surface area contributed by atoms with Crippen molar-refractivity contribution in [3.8, 4) is 0 Å². The van der Waals surface area contributed by atoms with Gasteiger partial charge < -0.3 is 10.5 Å². The predicted octanol–water partition coefficient (Wildman–Crippen LogP) is 2.46. The highest BCUT2D eigenvalue weighted by atomic mass is 16.5. The van der Waals surface area contributed by atoms with Crippen LogP contribution in [-0.4, -0.2) is 19.1 Å². The van der Waals surface area contributed by atoms with Gasteiger partial charge in [0.1, 0.15) is 0 Å². The Kier molecular flexibility index (Phi) is 6.33. The Balaban J connectivity index is 2.63. The van der Waals surface area contributed by atoms with Gasteiger partial charge in [-0.25, -0.2) is 0 Å². The molecule has 1 rings (SSSR count). The van der Waals surface area contributed by atoms with Crippen LogP contribution in [0.15, 0.2) is 30.3 Å². The number of ether oxygens (including phenoxy) is 1. The minimum absolute atomic E-state index is 0.127. The van der Waals surface area contributed by atoms with Crippen LogP contribution < -0.4 is 5.73 Å². The van der Waals surface area contributed by atoms with Crippen LogP contribution in [0.3, 0.4) is 0 Å². The number of hydrogen-bond donors (Lipinski definition) is 1. The number of benzene rings is 1. The number of nitrogens with two attached hydrogens (primary N) is 1. The first-order valence-electron chi connectivity index (χ1n) is 6.18. The van der Waals surface area contributed by atoms with Crippen molar-refractivity contribution >= 4 is 5.97 Å². The first-order valence-corrected chi connectivity index (χ1v) is 6.18. The second-order valence-corrected chi connectivity index (χ2v) is 4.05. The Bertz CT molecular complexity index is 324. The summed E-state index contributed by atoms with van der Waals surface area (Å²) in [6.07, 6.45) is 2.30. The topological polar surface area (TPSA) is 52.3 Å². The van der Waals surface area contributed by atoms with Gasteiger partial charge >= 0.3 is 5.97 Å². The molecule has 0 saturated heterocycles. The zero-order chi connectivity index (χ0) is 12.5. The summed E-state index contributed by atoms with van der Waals surface area (Å²) >= 11 is 0. The van der Waals surface area contributed by atoms with Crippen LogP contribution in [0, 0.1) is 0 Å². The fraction of sp³-hybridized carbons (Fsp3) is 0.500. The quantitative estimate of drug-likeness (QED) is 0.739. The average Bonchev–Trinajstić information content (AvgIpc) is 2.36. The fourth-order valence-corrected chi connectivity index (χ4v) is 1.90. The van der Waals surface area contributed by atoms with Crippen LogP contribution in [0.5, 0.6) is 0 Å². The molecule has 94 valence electrons. The van der Waals surface area contributed by atoms with Gasteiger partial charge in [-0.2, -0.15) is 0 Å². The van der Waals surface area contributed by atoms with Crippen molar-refractivity contribution < 1.29 is 9.53 Å². The SMILES string of the molecule is CCOC(=O)CC(CCCN)c1ccccc1. The lowest BCUT2D eigenvalue weighted by molar-refractivity contribution is -0.143. The largest absolute Gasteiger partial charge is 0.466 e. The smallest absolute Gasteiger partial charge is 0.306 e. The molecule has 0 saturated carbocycles. The Hall–Kier alpha value is -1.35. The summed E-state index contributed by atoms with van der Waals surface area (Å²) in [5.74, 6) is 0.0946. The number of carbonyl (C=O) groups is 1. The van der Waals surface area contributed by atoms with Gasteiger partial charge in [0.15, 0.2) is 0 Å². The first-order chi connectivity index (χ1) is 8.27. The van der Waals surface area contributed by atoms with Gasteiger partial charge in [0, 0.05) is 0 Å². The highest BCUT2D eigenvalue weighted by molar-refractivity contribution is 5.70. The van der Waals surface area contributed by atoms with E-state index in [9.17, 15) is 4.79 Å². The van der Waals surface area contributed by atoms with E-state index in [4.69, 9.17) is 10.5 Å². The van der Waals surface area contributed by atoms with E-state index in [1.165, 1.54) is 5.56 Å². The Morgan fingerprint density at radius 3 is 2.65 bits per heavy atom. The molecule has 0 aliphatic carbocycles. The standard InChI is InChI=1S/C14H21NO2/c1-2-17-14(16)11-13(9-6-10-15)12-7-4-3-5-8-12/h3-5,7-8,13H,2,6,9-11,15H2,1H3. The Labute approximate surface area is 103 Å². The van der Waals surface area contributed by atoms with Crippen molar-refractivity contribution in [3.05, 3.63) is 35.9 Å². The van der Waals surface area contributed by atoms with E-state index in [1.54, 1.807) is 0 Å². The van der Waals surface area contributed by atoms with Gasteiger partial charge in [-0.3, -0.25) is 4.79 Å². The van der Waals surface area contributed by atoms with Gasteiger partial charge in [0.2, 0.25) is 0 Å². The molecule has 0 bridgehead atoms. The molecule has 3 nitrogen and oxygen atoms in total. The van der Waals surface area contributed by atoms with Crippen molar-refractivity contribution in [1.82, 2.24) is 0 Å². The highest BCUT2D eigenvalue weighted by Gasteiger charge is 2.16. The average molecular weight is 235 g/mol. The summed E-state index contributed by atoms with van der Waals surface area (Å²) in [6.45, 7) is 2.93. The zero-order valence-corrected chi connectivity index (χ0v) is 10.4. The molecule has 0 aliphatic heterocycles. The summed E-state index contributed by atoms with van der Waals surface area (Å²) < 4.78 is 5.00. The van der Waals surface area contributed by atoms with E-state index in [0.29, 0.717) is 19.6 Å². The summed E-state index contributed by atoms with van der Waals surface area (Å²) in [4.78, 5) is 11.5. The first kappa shape index (κ1) is 13.7. The van der Waals surface area contributed by atoms with Crippen molar-refractivity contribution in [2.75, 3.05) is 13.2 Å². The molecule has 0 radical (unpaired) electrons. The molecule has 2 N–H and O–H groups in total. The van der Waals surface area contributed by atoms with E-state index < -0.39 is 0 Å². The number of rotatable bonds is 7. The van der Waals surface area contributed by atoms with Crippen LogP contribution in [0.25, 0.3) is 0 Å².